The van der Waals surface area contributed by atoms with Crippen molar-refractivity contribution in [2.45, 2.75) is 13.0 Å². The number of aromatic nitrogens is 1. The second kappa shape index (κ2) is 4.44. The van der Waals surface area contributed by atoms with Crippen LogP contribution in [0.1, 0.15) is 12.2 Å². The van der Waals surface area contributed by atoms with Crippen molar-refractivity contribution in [3.05, 3.63) is 18.0 Å². The number of nitrogens with zero attached hydrogens (tertiary/aromatic N) is 2. The van der Waals surface area contributed by atoms with Gasteiger partial charge in [0.05, 0.1) is 25.8 Å². The standard InChI is InChI=1S/C10H14N2O3/c1-14-10(13)8-3-5-12(6-8)7-9-2-4-11-15-9/h2,4,8H,3,5-7H2,1H3. The summed E-state index contributed by atoms with van der Waals surface area (Å²) in [4.78, 5) is 13.4. The van der Waals surface area contributed by atoms with Crippen molar-refractivity contribution in [1.29, 1.82) is 0 Å². The van der Waals surface area contributed by atoms with Gasteiger partial charge < -0.3 is 9.26 Å². The second-order valence-electron chi connectivity index (χ2n) is 3.72. The molecule has 0 N–H and O–H groups in total. The molecule has 15 heavy (non-hydrogen) atoms. The molecule has 0 spiro atoms. The predicted octanol–water partition coefficient (Wildman–Crippen LogP) is 0.669. The van der Waals surface area contributed by atoms with Gasteiger partial charge in [-0.15, -0.1) is 0 Å². The number of methoxy groups -OCH3 is 1. The summed E-state index contributed by atoms with van der Waals surface area (Å²) in [5.74, 6) is 0.730. The summed E-state index contributed by atoms with van der Waals surface area (Å²) in [5.41, 5.74) is 0. The molecule has 2 heterocycles. The molecule has 1 fully saturated rings. The van der Waals surface area contributed by atoms with Crippen LogP contribution < -0.4 is 0 Å². The molecule has 5 nitrogen and oxygen atoms in total. The third-order valence-corrected chi connectivity index (χ3v) is 2.68. The van der Waals surface area contributed by atoms with Crippen LogP contribution in [0.25, 0.3) is 0 Å². The van der Waals surface area contributed by atoms with E-state index in [1.807, 2.05) is 6.07 Å². The maximum absolute atomic E-state index is 11.3. The molecule has 0 bridgehead atoms. The van der Waals surface area contributed by atoms with Gasteiger partial charge in [-0.25, -0.2) is 0 Å². The molecule has 0 saturated carbocycles. The van der Waals surface area contributed by atoms with Crippen LogP contribution in [0.3, 0.4) is 0 Å². The van der Waals surface area contributed by atoms with E-state index in [0.29, 0.717) is 6.54 Å². The Morgan fingerprint density at radius 3 is 3.33 bits per heavy atom. The molecule has 0 radical (unpaired) electrons. The molecule has 0 aromatic carbocycles. The van der Waals surface area contributed by atoms with Gasteiger partial charge in [0.25, 0.3) is 0 Å². The highest BCUT2D eigenvalue weighted by Crippen LogP contribution is 2.19. The first-order valence-corrected chi connectivity index (χ1v) is 4.99. The van der Waals surface area contributed by atoms with Crippen LogP contribution in [0, 0.1) is 5.92 Å². The van der Waals surface area contributed by atoms with Crippen molar-refractivity contribution < 1.29 is 14.1 Å². The molecule has 1 atom stereocenters. The summed E-state index contributed by atoms with van der Waals surface area (Å²) < 4.78 is 9.73. The minimum Gasteiger partial charge on any atom is -0.469 e. The van der Waals surface area contributed by atoms with E-state index in [9.17, 15) is 4.79 Å². The SMILES string of the molecule is COC(=O)C1CCN(Cc2ccno2)C1. The molecular formula is C10H14N2O3. The lowest BCUT2D eigenvalue weighted by molar-refractivity contribution is -0.144. The number of likely N-dealkylation sites (tertiary alicyclic amines) is 1. The van der Waals surface area contributed by atoms with E-state index in [2.05, 4.69) is 10.1 Å². The van der Waals surface area contributed by atoms with Crippen molar-refractivity contribution in [3.8, 4) is 0 Å². The van der Waals surface area contributed by atoms with Gasteiger partial charge in [0.15, 0.2) is 5.76 Å². The van der Waals surface area contributed by atoms with E-state index in [1.165, 1.54) is 7.11 Å². The fourth-order valence-electron chi connectivity index (χ4n) is 1.88. The van der Waals surface area contributed by atoms with E-state index >= 15 is 0 Å². The Morgan fingerprint density at radius 1 is 1.80 bits per heavy atom. The normalized spacial score (nSPS) is 21.8. The third-order valence-electron chi connectivity index (χ3n) is 2.68. The van der Waals surface area contributed by atoms with Crippen LogP contribution in [0.4, 0.5) is 0 Å². The molecule has 1 aromatic heterocycles. The van der Waals surface area contributed by atoms with Gasteiger partial charge >= 0.3 is 5.97 Å². The van der Waals surface area contributed by atoms with E-state index in [-0.39, 0.29) is 11.9 Å². The van der Waals surface area contributed by atoms with Crippen LogP contribution in [0.15, 0.2) is 16.8 Å². The minimum atomic E-state index is -0.116. The summed E-state index contributed by atoms with van der Waals surface area (Å²) >= 11 is 0. The van der Waals surface area contributed by atoms with E-state index in [0.717, 1.165) is 25.3 Å². The largest absolute Gasteiger partial charge is 0.469 e. The highest BCUT2D eigenvalue weighted by Gasteiger charge is 2.29. The average molecular weight is 210 g/mol. The van der Waals surface area contributed by atoms with E-state index in [4.69, 9.17) is 9.26 Å². The Kier molecular flexibility index (Phi) is 3.01. The molecule has 1 unspecified atom stereocenters. The van der Waals surface area contributed by atoms with Crippen molar-refractivity contribution in [2.24, 2.45) is 5.92 Å². The first-order chi connectivity index (χ1) is 7.29. The number of carbonyl (C=O) groups is 1. The van der Waals surface area contributed by atoms with Crippen LogP contribution in [0.2, 0.25) is 0 Å². The molecule has 1 saturated heterocycles. The molecule has 2 rings (SSSR count). The lowest BCUT2D eigenvalue weighted by Gasteiger charge is -2.12. The molecule has 0 amide bonds. The third kappa shape index (κ3) is 2.36. The Bertz CT molecular complexity index is 323. The molecule has 1 aliphatic heterocycles. The second-order valence-corrected chi connectivity index (χ2v) is 3.72. The number of hydrogen-bond donors (Lipinski definition) is 0. The zero-order chi connectivity index (χ0) is 10.7. The Morgan fingerprint density at radius 2 is 2.67 bits per heavy atom. The van der Waals surface area contributed by atoms with Crippen molar-refractivity contribution in [2.75, 3.05) is 20.2 Å². The van der Waals surface area contributed by atoms with Crippen LogP contribution in [-0.2, 0) is 16.1 Å². The van der Waals surface area contributed by atoms with Gasteiger partial charge in [0.1, 0.15) is 0 Å². The maximum Gasteiger partial charge on any atom is 0.310 e. The fraction of sp³-hybridized carbons (Fsp3) is 0.600. The number of rotatable bonds is 3. The van der Waals surface area contributed by atoms with Crippen molar-refractivity contribution >= 4 is 5.97 Å². The first kappa shape index (κ1) is 10.2. The molecule has 0 aliphatic carbocycles. The summed E-state index contributed by atoms with van der Waals surface area (Å²) in [6.45, 7) is 2.36. The molecule has 5 heteroatoms. The summed E-state index contributed by atoms with van der Waals surface area (Å²) in [6, 6.07) is 1.84. The predicted molar refractivity (Wildman–Crippen MR) is 51.9 cm³/mol. The molecule has 82 valence electrons. The van der Waals surface area contributed by atoms with Crippen LogP contribution in [-0.4, -0.2) is 36.2 Å². The van der Waals surface area contributed by atoms with Gasteiger partial charge in [0.2, 0.25) is 0 Å². The van der Waals surface area contributed by atoms with Gasteiger partial charge in [-0.3, -0.25) is 9.69 Å². The average Bonchev–Trinajstić information content (AvgIpc) is 2.88. The number of carbonyl (C=O) groups excluding carboxylic acids is 1. The van der Waals surface area contributed by atoms with Crippen LogP contribution in [0.5, 0.6) is 0 Å². The highest BCUT2D eigenvalue weighted by molar-refractivity contribution is 5.72. The lowest BCUT2D eigenvalue weighted by atomic mass is 10.1. The number of esters is 1. The van der Waals surface area contributed by atoms with Gasteiger partial charge in [0, 0.05) is 12.6 Å². The molecule has 1 aliphatic rings. The maximum atomic E-state index is 11.3. The number of ether oxygens (including phenoxy) is 1. The van der Waals surface area contributed by atoms with Gasteiger partial charge in [-0.1, -0.05) is 5.16 Å². The van der Waals surface area contributed by atoms with Crippen LogP contribution >= 0.6 is 0 Å². The summed E-state index contributed by atoms with van der Waals surface area (Å²) in [6.07, 6.45) is 2.49. The topological polar surface area (TPSA) is 55.6 Å². The Hall–Kier alpha value is -1.36. The summed E-state index contributed by atoms with van der Waals surface area (Å²) in [5, 5.41) is 3.64. The lowest BCUT2D eigenvalue weighted by Crippen LogP contribution is -2.23. The Labute approximate surface area is 88.0 Å². The van der Waals surface area contributed by atoms with E-state index < -0.39 is 0 Å². The summed E-state index contributed by atoms with van der Waals surface area (Å²) in [7, 11) is 1.43. The fourth-order valence-corrected chi connectivity index (χ4v) is 1.88. The number of hydrogen-bond acceptors (Lipinski definition) is 5. The quantitative estimate of drug-likeness (QED) is 0.686. The highest BCUT2D eigenvalue weighted by atomic mass is 16.5. The smallest absolute Gasteiger partial charge is 0.310 e. The van der Waals surface area contributed by atoms with Gasteiger partial charge in [-0.05, 0) is 13.0 Å². The van der Waals surface area contributed by atoms with Crippen molar-refractivity contribution in [3.63, 3.8) is 0 Å². The molecule has 1 aromatic rings. The van der Waals surface area contributed by atoms with Crippen molar-refractivity contribution in [1.82, 2.24) is 10.1 Å². The zero-order valence-corrected chi connectivity index (χ0v) is 8.68. The zero-order valence-electron chi connectivity index (χ0n) is 8.68. The first-order valence-electron chi connectivity index (χ1n) is 4.99. The Balaban J connectivity index is 1.85. The molecular weight excluding hydrogens is 196 g/mol. The van der Waals surface area contributed by atoms with E-state index in [1.54, 1.807) is 6.20 Å². The minimum absolute atomic E-state index is 0.0120. The monoisotopic (exact) mass is 210 g/mol. The van der Waals surface area contributed by atoms with Gasteiger partial charge in [-0.2, -0.15) is 0 Å².